The fourth-order valence-electron chi connectivity index (χ4n) is 1.84. The van der Waals surface area contributed by atoms with E-state index in [1.165, 1.54) is 22.7 Å². The third-order valence-electron chi connectivity index (χ3n) is 2.88. The van der Waals surface area contributed by atoms with E-state index >= 15 is 0 Å². The molecule has 0 aliphatic carbocycles. The lowest BCUT2D eigenvalue weighted by Crippen LogP contribution is -2.40. The minimum Gasteiger partial charge on any atom is -0.480 e. The highest BCUT2D eigenvalue weighted by Crippen LogP contribution is 2.21. The van der Waals surface area contributed by atoms with Gasteiger partial charge in [0.1, 0.15) is 6.04 Å². The van der Waals surface area contributed by atoms with Crippen LogP contribution in [0.4, 0.5) is 0 Å². The second-order valence-electron chi connectivity index (χ2n) is 4.23. The molecule has 6 heteroatoms. The van der Waals surface area contributed by atoms with Crippen LogP contribution in [0.25, 0.3) is 6.08 Å². The first-order chi connectivity index (χ1) is 9.61. The lowest BCUT2D eigenvalue weighted by atomic mass is 10.1. The summed E-state index contributed by atoms with van der Waals surface area (Å²) in [6.07, 6.45) is 2.93. The number of carbonyl (C=O) groups excluding carboxylic acids is 1. The topological polar surface area (TPSA) is 81.4 Å². The maximum absolute atomic E-state index is 12.0. The van der Waals surface area contributed by atoms with Crippen LogP contribution in [-0.4, -0.2) is 39.6 Å². The van der Waals surface area contributed by atoms with Crippen LogP contribution in [0.5, 0.6) is 0 Å². The van der Waals surface area contributed by atoms with Gasteiger partial charge in [0, 0.05) is 11.8 Å². The van der Waals surface area contributed by atoms with E-state index in [-0.39, 0.29) is 5.91 Å². The molecule has 1 aliphatic rings. The highest BCUT2D eigenvalue weighted by molar-refractivity contribution is 7.99. The first kappa shape index (κ1) is 14.2. The van der Waals surface area contributed by atoms with Gasteiger partial charge in [-0.1, -0.05) is 12.1 Å². The number of rotatable bonds is 3. The number of aliphatic carboxylic acids is 1. The van der Waals surface area contributed by atoms with Gasteiger partial charge in [-0.05, 0) is 23.8 Å². The SMILES string of the molecule is N#Cc1cccc(/C=C/C(=O)N2CSCC2C(=O)O)c1. The van der Waals surface area contributed by atoms with Gasteiger partial charge in [0.2, 0.25) is 5.91 Å². The van der Waals surface area contributed by atoms with Crippen LogP contribution in [0.3, 0.4) is 0 Å². The first-order valence-corrected chi connectivity index (χ1v) is 7.06. The number of amides is 1. The monoisotopic (exact) mass is 288 g/mol. The average molecular weight is 288 g/mol. The molecule has 0 aromatic heterocycles. The van der Waals surface area contributed by atoms with Gasteiger partial charge >= 0.3 is 5.97 Å². The smallest absolute Gasteiger partial charge is 0.327 e. The number of nitrogens with zero attached hydrogens (tertiary/aromatic N) is 2. The van der Waals surface area contributed by atoms with Gasteiger partial charge in [0.05, 0.1) is 17.5 Å². The Balaban J connectivity index is 2.09. The summed E-state index contributed by atoms with van der Waals surface area (Å²) in [5.41, 5.74) is 1.25. The van der Waals surface area contributed by atoms with Crippen LogP contribution in [-0.2, 0) is 9.59 Å². The molecule has 5 nitrogen and oxygen atoms in total. The molecule has 1 N–H and O–H groups in total. The Morgan fingerprint density at radius 1 is 1.50 bits per heavy atom. The van der Waals surface area contributed by atoms with Crippen LogP contribution >= 0.6 is 11.8 Å². The van der Waals surface area contributed by atoms with Gasteiger partial charge in [-0.15, -0.1) is 11.8 Å². The number of nitriles is 1. The molecule has 102 valence electrons. The fourth-order valence-corrected chi connectivity index (χ4v) is 2.99. The highest BCUT2D eigenvalue weighted by atomic mass is 32.2. The number of carbonyl (C=O) groups is 2. The van der Waals surface area contributed by atoms with Crippen molar-refractivity contribution in [3.63, 3.8) is 0 Å². The predicted molar refractivity (Wildman–Crippen MR) is 75.8 cm³/mol. The van der Waals surface area contributed by atoms with Gasteiger partial charge < -0.3 is 10.0 Å². The first-order valence-electron chi connectivity index (χ1n) is 5.91. The fraction of sp³-hybridized carbons (Fsp3) is 0.214. The van der Waals surface area contributed by atoms with E-state index in [0.717, 1.165) is 5.56 Å². The molecule has 1 fully saturated rings. The molecule has 1 aliphatic heterocycles. The highest BCUT2D eigenvalue weighted by Gasteiger charge is 2.33. The van der Waals surface area contributed by atoms with Gasteiger partial charge in [-0.3, -0.25) is 4.79 Å². The Bertz CT molecular complexity index is 607. The summed E-state index contributed by atoms with van der Waals surface area (Å²) in [6.45, 7) is 0. The minimum absolute atomic E-state index is 0.329. The summed E-state index contributed by atoms with van der Waals surface area (Å²) in [6, 6.07) is 8.11. The van der Waals surface area contributed by atoms with Crippen molar-refractivity contribution in [3.05, 3.63) is 41.5 Å². The van der Waals surface area contributed by atoms with Gasteiger partial charge in [-0.2, -0.15) is 5.26 Å². The van der Waals surface area contributed by atoms with Crippen LogP contribution in [0.15, 0.2) is 30.3 Å². The zero-order valence-electron chi connectivity index (χ0n) is 10.5. The van der Waals surface area contributed by atoms with Gasteiger partial charge in [-0.25, -0.2) is 4.79 Å². The maximum atomic E-state index is 12.0. The molecule has 0 radical (unpaired) electrons. The van der Waals surface area contributed by atoms with Crippen molar-refractivity contribution in [2.45, 2.75) is 6.04 Å². The molecule has 1 amide bonds. The summed E-state index contributed by atoms with van der Waals surface area (Å²) in [5, 5.41) is 17.8. The van der Waals surface area contributed by atoms with E-state index in [4.69, 9.17) is 10.4 Å². The Labute approximate surface area is 120 Å². The number of benzene rings is 1. The second kappa shape index (κ2) is 6.26. The average Bonchev–Trinajstić information content (AvgIpc) is 2.94. The summed E-state index contributed by atoms with van der Waals surface area (Å²) in [4.78, 5) is 24.3. The minimum atomic E-state index is -0.983. The molecule has 2 rings (SSSR count). The largest absolute Gasteiger partial charge is 0.480 e. The third kappa shape index (κ3) is 3.19. The number of hydrogen-bond donors (Lipinski definition) is 1. The van der Waals surface area contributed by atoms with Crippen LogP contribution in [0, 0.1) is 11.3 Å². The van der Waals surface area contributed by atoms with Gasteiger partial charge in [0.25, 0.3) is 0 Å². The van der Waals surface area contributed by atoms with Crippen molar-refractivity contribution in [3.8, 4) is 6.07 Å². The number of hydrogen-bond acceptors (Lipinski definition) is 4. The summed E-state index contributed by atoms with van der Waals surface area (Å²) < 4.78 is 0. The molecule has 1 aromatic carbocycles. The Morgan fingerprint density at radius 3 is 3.00 bits per heavy atom. The van der Waals surface area contributed by atoms with E-state index in [1.54, 1.807) is 30.3 Å². The predicted octanol–water partition coefficient (Wildman–Crippen LogP) is 1.56. The molecular weight excluding hydrogens is 276 g/mol. The lowest BCUT2D eigenvalue weighted by Gasteiger charge is -2.18. The van der Waals surface area contributed by atoms with Crippen LogP contribution in [0.2, 0.25) is 0 Å². The van der Waals surface area contributed by atoms with E-state index in [2.05, 4.69) is 0 Å². The number of carboxylic acid groups (broad SMARTS) is 1. The molecule has 1 aromatic rings. The second-order valence-corrected chi connectivity index (χ2v) is 5.23. The van der Waals surface area contributed by atoms with E-state index in [0.29, 0.717) is 17.2 Å². The maximum Gasteiger partial charge on any atom is 0.327 e. The normalized spacial score (nSPS) is 18.1. The molecule has 1 heterocycles. The van der Waals surface area contributed by atoms with E-state index in [1.807, 2.05) is 6.07 Å². The zero-order chi connectivity index (χ0) is 14.5. The molecule has 0 bridgehead atoms. The van der Waals surface area contributed by atoms with E-state index in [9.17, 15) is 9.59 Å². The zero-order valence-corrected chi connectivity index (χ0v) is 11.3. The third-order valence-corrected chi connectivity index (χ3v) is 3.90. The standard InChI is InChI=1S/C14H12N2O3S/c15-7-11-3-1-2-10(6-11)4-5-13(17)16-9-20-8-12(16)14(18)19/h1-6,12H,8-9H2,(H,18,19)/b5-4+. The molecule has 20 heavy (non-hydrogen) atoms. The summed E-state index contributed by atoms with van der Waals surface area (Å²) >= 11 is 1.42. The molecule has 1 atom stereocenters. The molecule has 0 saturated carbocycles. The quantitative estimate of drug-likeness (QED) is 0.854. The van der Waals surface area contributed by atoms with Crippen molar-refractivity contribution < 1.29 is 14.7 Å². The van der Waals surface area contributed by atoms with Gasteiger partial charge in [0.15, 0.2) is 0 Å². The molecular formula is C14H12N2O3S. The molecule has 1 saturated heterocycles. The van der Waals surface area contributed by atoms with Crippen LogP contribution < -0.4 is 0 Å². The van der Waals surface area contributed by atoms with Crippen molar-refractivity contribution in [2.24, 2.45) is 0 Å². The van der Waals surface area contributed by atoms with Crippen molar-refractivity contribution in [2.75, 3.05) is 11.6 Å². The number of thioether (sulfide) groups is 1. The Morgan fingerprint density at radius 2 is 2.30 bits per heavy atom. The number of carboxylic acids is 1. The van der Waals surface area contributed by atoms with Crippen molar-refractivity contribution in [1.82, 2.24) is 4.90 Å². The Kier molecular flexibility index (Phi) is 4.43. The van der Waals surface area contributed by atoms with E-state index < -0.39 is 12.0 Å². The summed E-state index contributed by atoms with van der Waals surface area (Å²) in [7, 11) is 0. The van der Waals surface area contributed by atoms with Crippen molar-refractivity contribution >= 4 is 29.7 Å². The lowest BCUT2D eigenvalue weighted by molar-refractivity contribution is -0.146. The molecule has 1 unspecified atom stereocenters. The Hall–Kier alpha value is -2.26. The summed E-state index contributed by atoms with van der Waals surface area (Å²) in [5.74, 6) is -0.509. The molecule has 0 spiro atoms. The van der Waals surface area contributed by atoms with Crippen LogP contribution in [0.1, 0.15) is 11.1 Å². The van der Waals surface area contributed by atoms with Crippen molar-refractivity contribution in [1.29, 1.82) is 5.26 Å².